The van der Waals surface area contributed by atoms with Gasteiger partial charge < -0.3 is 20.2 Å². The molecule has 0 saturated carbocycles. The zero-order chi connectivity index (χ0) is 16.0. The number of anilines is 1. The highest BCUT2D eigenvalue weighted by molar-refractivity contribution is 5.75. The quantitative estimate of drug-likeness (QED) is 0.653. The zero-order valence-corrected chi connectivity index (χ0v) is 11.5. The lowest BCUT2D eigenvalue weighted by atomic mass is 10.1. The molecule has 0 radical (unpaired) electrons. The van der Waals surface area contributed by atoms with Crippen LogP contribution in [0.25, 0.3) is 0 Å². The van der Waals surface area contributed by atoms with E-state index in [4.69, 9.17) is 15.3 Å². The summed E-state index contributed by atoms with van der Waals surface area (Å²) in [5.74, 6) is -3.75. The van der Waals surface area contributed by atoms with Crippen molar-refractivity contribution in [1.29, 1.82) is 0 Å². The Morgan fingerprint density at radius 3 is 2.05 bits per heavy atom. The van der Waals surface area contributed by atoms with Crippen molar-refractivity contribution in [3.05, 3.63) is 29.8 Å². The Bertz CT molecular complexity index is 525. The van der Waals surface area contributed by atoms with Crippen molar-refractivity contribution in [2.75, 3.05) is 18.0 Å². The van der Waals surface area contributed by atoms with Gasteiger partial charge in [-0.2, -0.15) is 0 Å². The predicted octanol–water partition coefficient (Wildman–Crippen LogP) is 0.925. The van der Waals surface area contributed by atoms with Gasteiger partial charge in [-0.05, 0) is 17.7 Å². The van der Waals surface area contributed by atoms with Crippen molar-refractivity contribution in [3.63, 3.8) is 0 Å². The van der Waals surface area contributed by atoms with Gasteiger partial charge >= 0.3 is 17.9 Å². The third-order valence-electron chi connectivity index (χ3n) is 2.90. The van der Waals surface area contributed by atoms with Gasteiger partial charge in [0.15, 0.2) is 0 Å². The summed E-state index contributed by atoms with van der Waals surface area (Å²) in [7, 11) is 0. The maximum Gasteiger partial charge on any atom is 0.323 e. The van der Waals surface area contributed by atoms with Crippen LogP contribution in [0.15, 0.2) is 24.3 Å². The average Bonchev–Trinajstić information content (AvgIpc) is 2.37. The van der Waals surface area contributed by atoms with Gasteiger partial charge in [-0.15, -0.1) is 0 Å². The average molecular weight is 295 g/mol. The van der Waals surface area contributed by atoms with E-state index in [1.165, 1.54) is 11.8 Å². The molecule has 1 aromatic rings. The van der Waals surface area contributed by atoms with E-state index in [-0.39, 0.29) is 19.5 Å². The Balaban J connectivity index is 2.89. The smallest absolute Gasteiger partial charge is 0.323 e. The molecule has 114 valence electrons. The molecular formula is C14H17NO6. The summed E-state index contributed by atoms with van der Waals surface area (Å²) in [5, 5.41) is 26.5. The highest BCUT2D eigenvalue weighted by Gasteiger charge is 2.18. The van der Waals surface area contributed by atoms with Crippen LogP contribution in [0.2, 0.25) is 0 Å². The monoisotopic (exact) mass is 295 g/mol. The minimum atomic E-state index is -1.07. The van der Waals surface area contributed by atoms with Crippen LogP contribution in [0.5, 0.6) is 0 Å². The Morgan fingerprint density at radius 1 is 1.05 bits per heavy atom. The number of benzene rings is 1. The maximum absolute atomic E-state index is 10.9. The topological polar surface area (TPSA) is 115 Å². The summed E-state index contributed by atoms with van der Waals surface area (Å²) in [6.07, 6.45) is -0.120. The normalized spacial score (nSPS) is 11.7. The number of hydrogen-bond acceptors (Lipinski definition) is 4. The minimum Gasteiger partial charge on any atom is -0.481 e. The first-order valence-corrected chi connectivity index (χ1v) is 6.30. The first kappa shape index (κ1) is 16.5. The van der Waals surface area contributed by atoms with Gasteiger partial charge in [-0.25, -0.2) is 0 Å². The van der Waals surface area contributed by atoms with Crippen molar-refractivity contribution in [2.45, 2.75) is 13.3 Å². The van der Waals surface area contributed by atoms with Crippen LogP contribution in [0.3, 0.4) is 0 Å². The third kappa shape index (κ3) is 5.52. The molecule has 0 bridgehead atoms. The second kappa shape index (κ2) is 7.28. The molecule has 0 saturated heterocycles. The number of carbonyl (C=O) groups is 3. The van der Waals surface area contributed by atoms with E-state index >= 15 is 0 Å². The van der Waals surface area contributed by atoms with Gasteiger partial charge in [0.25, 0.3) is 0 Å². The Labute approximate surface area is 121 Å². The van der Waals surface area contributed by atoms with Gasteiger partial charge in [0, 0.05) is 12.2 Å². The van der Waals surface area contributed by atoms with Gasteiger partial charge in [0.1, 0.15) is 6.54 Å². The zero-order valence-electron chi connectivity index (χ0n) is 11.5. The number of hydrogen-bond donors (Lipinski definition) is 3. The summed E-state index contributed by atoms with van der Waals surface area (Å²) in [6.45, 7) is 1.23. The molecule has 0 amide bonds. The Hall–Kier alpha value is -2.57. The van der Waals surface area contributed by atoms with Crippen molar-refractivity contribution >= 4 is 23.6 Å². The van der Waals surface area contributed by atoms with Gasteiger partial charge in [0.2, 0.25) is 0 Å². The standard InChI is InChI=1S/C14H17NO6/c1-9(14(20)21)7-15(8-13(18)19)11-4-2-10(3-5-11)6-12(16)17/h2-5,9H,6-8H2,1H3,(H,16,17)(H,18,19)(H,20,21). The molecule has 0 aromatic heterocycles. The second-order valence-electron chi connectivity index (χ2n) is 4.75. The van der Waals surface area contributed by atoms with Crippen molar-refractivity contribution in [1.82, 2.24) is 0 Å². The Kier molecular flexibility index (Phi) is 5.71. The number of carboxylic acid groups (broad SMARTS) is 3. The van der Waals surface area contributed by atoms with Crippen LogP contribution < -0.4 is 4.90 Å². The van der Waals surface area contributed by atoms with Crippen LogP contribution in [0, 0.1) is 5.92 Å². The molecule has 1 atom stereocenters. The van der Waals surface area contributed by atoms with E-state index in [2.05, 4.69) is 0 Å². The minimum absolute atomic E-state index is 0.0555. The van der Waals surface area contributed by atoms with E-state index < -0.39 is 23.8 Å². The molecule has 0 fully saturated rings. The summed E-state index contributed by atoms with van der Waals surface area (Å²) in [4.78, 5) is 33.8. The number of rotatable bonds is 8. The van der Waals surface area contributed by atoms with Crippen LogP contribution >= 0.6 is 0 Å². The highest BCUT2D eigenvalue weighted by atomic mass is 16.4. The maximum atomic E-state index is 10.9. The fourth-order valence-electron chi connectivity index (χ4n) is 1.83. The van der Waals surface area contributed by atoms with Gasteiger partial charge in [0.05, 0.1) is 12.3 Å². The molecule has 3 N–H and O–H groups in total. The lowest BCUT2D eigenvalue weighted by Gasteiger charge is -2.25. The summed E-state index contributed by atoms with van der Waals surface area (Å²) < 4.78 is 0. The molecule has 0 aliphatic rings. The highest BCUT2D eigenvalue weighted by Crippen LogP contribution is 2.17. The van der Waals surface area contributed by atoms with Gasteiger partial charge in [-0.3, -0.25) is 14.4 Å². The fourth-order valence-corrected chi connectivity index (χ4v) is 1.83. The molecule has 0 spiro atoms. The summed E-state index contributed by atoms with van der Waals surface area (Å²) >= 11 is 0. The first-order chi connectivity index (χ1) is 9.79. The first-order valence-electron chi connectivity index (χ1n) is 6.30. The molecule has 1 unspecified atom stereocenters. The largest absolute Gasteiger partial charge is 0.481 e. The van der Waals surface area contributed by atoms with Crippen LogP contribution in [0.4, 0.5) is 5.69 Å². The molecule has 7 heteroatoms. The third-order valence-corrected chi connectivity index (χ3v) is 2.90. The van der Waals surface area contributed by atoms with E-state index in [1.807, 2.05) is 0 Å². The van der Waals surface area contributed by atoms with E-state index in [1.54, 1.807) is 24.3 Å². The van der Waals surface area contributed by atoms with E-state index in [0.29, 0.717) is 11.3 Å². The number of nitrogens with zero attached hydrogens (tertiary/aromatic N) is 1. The summed E-state index contributed by atoms with van der Waals surface area (Å²) in [5.41, 5.74) is 1.13. The summed E-state index contributed by atoms with van der Waals surface area (Å²) in [6, 6.07) is 6.36. The molecule has 0 aliphatic heterocycles. The van der Waals surface area contributed by atoms with Crippen molar-refractivity contribution < 1.29 is 29.7 Å². The van der Waals surface area contributed by atoms with Crippen LogP contribution in [0.1, 0.15) is 12.5 Å². The molecular weight excluding hydrogens is 278 g/mol. The SMILES string of the molecule is CC(CN(CC(=O)O)c1ccc(CC(=O)O)cc1)C(=O)O. The molecule has 0 aliphatic carbocycles. The Morgan fingerprint density at radius 2 is 1.62 bits per heavy atom. The molecule has 7 nitrogen and oxygen atoms in total. The fraction of sp³-hybridized carbons (Fsp3) is 0.357. The molecule has 21 heavy (non-hydrogen) atoms. The number of aliphatic carboxylic acids is 3. The van der Waals surface area contributed by atoms with Crippen molar-refractivity contribution in [2.24, 2.45) is 5.92 Å². The second-order valence-corrected chi connectivity index (χ2v) is 4.75. The van der Waals surface area contributed by atoms with E-state index in [0.717, 1.165) is 0 Å². The molecule has 1 rings (SSSR count). The predicted molar refractivity (Wildman–Crippen MR) is 74.4 cm³/mol. The van der Waals surface area contributed by atoms with Gasteiger partial charge in [-0.1, -0.05) is 19.1 Å². The molecule has 0 heterocycles. The lowest BCUT2D eigenvalue weighted by Crippen LogP contribution is -2.35. The number of carboxylic acids is 3. The molecule has 1 aromatic carbocycles. The van der Waals surface area contributed by atoms with Crippen molar-refractivity contribution in [3.8, 4) is 0 Å². The lowest BCUT2D eigenvalue weighted by molar-refractivity contribution is -0.141. The van der Waals surface area contributed by atoms with Crippen LogP contribution in [-0.2, 0) is 20.8 Å². The van der Waals surface area contributed by atoms with Crippen LogP contribution in [-0.4, -0.2) is 46.3 Å². The van der Waals surface area contributed by atoms with E-state index in [9.17, 15) is 14.4 Å².